The largest absolute Gasteiger partial charge is 0.368 e. The quantitative estimate of drug-likeness (QED) is 0.349. The molecule has 27 heavy (non-hydrogen) atoms. The van der Waals surface area contributed by atoms with Crippen molar-refractivity contribution in [2.24, 2.45) is 29.4 Å². The molecule has 0 aromatic carbocycles. The number of carbonyl (C=O) groups is 1. The van der Waals surface area contributed by atoms with Crippen LogP contribution in [0.2, 0.25) is 0 Å². The molecule has 0 radical (unpaired) electrons. The van der Waals surface area contributed by atoms with Crippen LogP contribution in [0.5, 0.6) is 0 Å². The summed E-state index contributed by atoms with van der Waals surface area (Å²) in [6.07, 6.45) is 8.05. The van der Waals surface area contributed by atoms with Gasteiger partial charge in [0, 0.05) is 6.61 Å². The van der Waals surface area contributed by atoms with Gasteiger partial charge in [-0.2, -0.15) is 0 Å². The predicted molar refractivity (Wildman–Crippen MR) is 111 cm³/mol. The molecule has 0 saturated heterocycles. The van der Waals surface area contributed by atoms with Gasteiger partial charge in [0.15, 0.2) is 0 Å². The van der Waals surface area contributed by atoms with Gasteiger partial charge in [0.05, 0.1) is 12.1 Å². The third-order valence-corrected chi connectivity index (χ3v) is 6.10. The van der Waals surface area contributed by atoms with E-state index in [1.165, 1.54) is 12.8 Å². The molecule has 1 rings (SSSR count). The minimum absolute atomic E-state index is 0.227. The lowest BCUT2D eigenvalue weighted by atomic mass is 9.75. The fourth-order valence-electron chi connectivity index (χ4n) is 4.26. The maximum atomic E-state index is 11.4. The molecule has 1 fully saturated rings. The number of rotatable bonds is 14. The number of hydrogen-bond donors (Lipinski definition) is 2. The van der Waals surface area contributed by atoms with E-state index < -0.39 is 0 Å². The van der Waals surface area contributed by atoms with E-state index in [4.69, 9.17) is 15.2 Å². The Bertz CT molecular complexity index is 403. The Labute approximate surface area is 167 Å². The molecule has 0 unspecified atom stereocenters. The number of nitrogens with one attached hydrogen (secondary N) is 1. The Balaban J connectivity index is 2.29. The first-order chi connectivity index (χ1) is 12.9. The number of nitrogens with two attached hydrogens (primary N) is 1. The van der Waals surface area contributed by atoms with Gasteiger partial charge in [-0.05, 0) is 62.3 Å². The zero-order valence-corrected chi connectivity index (χ0v) is 18.3. The molecule has 5 heteroatoms. The summed E-state index contributed by atoms with van der Waals surface area (Å²) in [7, 11) is 0. The molecule has 0 aliphatic heterocycles. The van der Waals surface area contributed by atoms with Crippen LogP contribution in [-0.4, -0.2) is 38.0 Å². The second-order valence-corrected chi connectivity index (χ2v) is 8.77. The number of primary amides is 1. The van der Waals surface area contributed by atoms with Crippen LogP contribution in [0.25, 0.3) is 0 Å². The maximum Gasteiger partial charge on any atom is 0.234 e. The molecule has 5 atom stereocenters. The second-order valence-electron chi connectivity index (χ2n) is 8.77. The Morgan fingerprint density at radius 2 is 1.96 bits per heavy atom. The van der Waals surface area contributed by atoms with Gasteiger partial charge in [0.1, 0.15) is 6.79 Å². The van der Waals surface area contributed by atoms with E-state index in [1.54, 1.807) is 0 Å². The van der Waals surface area contributed by atoms with Crippen molar-refractivity contribution in [2.75, 3.05) is 19.9 Å². The van der Waals surface area contributed by atoms with E-state index in [0.717, 1.165) is 44.6 Å². The van der Waals surface area contributed by atoms with Gasteiger partial charge in [0.25, 0.3) is 0 Å². The third kappa shape index (κ3) is 9.40. The van der Waals surface area contributed by atoms with Gasteiger partial charge in [-0.1, -0.05) is 47.5 Å². The van der Waals surface area contributed by atoms with Crippen LogP contribution < -0.4 is 11.1 Å². The molecule has 0 aromatic heterocycles. The van der Waals surface area contributed by atoms with Crippen molar-refractivity contribution < 1.29 is 14.3 Å². The van der Waals surface area contributed by atoms with Crippen molar-refractivity contribution in [1.29, 1.82) is 0 Å². The molecule has 0 aromatic rings. The number of carbonyl (C=O) groups excluding carboxylic acids is 1. The number of ether oxygens (including phenoxy) is 2. The van der Waals surface area contributed by atoms with Crippen LogP contribution in [-0.2, 0) is 14.3 Å². The molecule has 0 bridgehead atoms. The first-order valence-corrected chi connectivity index (χ1v) is 11.1. The molecule has 1 saturated carbocycles. The van der Waals surface area contributed by atoms with Crippen LogP contribution in [0.15, 0.2) is 0 Å². The average Bonchev–Trinajstić information content (AvgIpc) is 2.61. The van der Waals surface area contributed by atoms with Gasteiger partial charge in [0.2, 0.25) is 5.91 Å². The highest BCUT2D eigenvalue weighted by molar-refractivity contribution is 5.79. The van der Waals surface area contributed by atoms with Crippen molar-refractivity contribution in [1.82, 2.24) is 5.32 Å². The Hall–Kier alpha value is -0.650. The Kier molecular flexibility index (Phi) is 12.2. The zero-order valence-electron chi connectivity index (χ0n) is 18.3. The summed E-state index contributed by atoms with van der Waals surface area (Å²) in [5.74, 6) is 2.31. The number of hydrogen-bond acceptors (Lipinski definition) is 4. The lowest BCUT2D eigenvalue weighted by molar-refractivity contribution is -0.129. The van der Waals surface area contributed by atoms with Crippen molar-refractivity contribution in [3.05, 3.63) is 0 Å². The summed E-state index contributed by atoms with van der Waals surface area (Å²) in [6, 6.07) is -0.227. The molecule has 1 aliphatic carbocycles. The lowest BCUT2D eigenvalue weighted by Crippen LogP contribution is -2.43. The van der Waals surface area contributed by atoms with E-state index in [2.05, 4.69) is 33.0 Å². The van der Waals surface area contributed by atoms with E-state index >= 15 is 0 Å². The normalized spacial score (nSPS) is 25.5. The summed E-state index contributed by atoms with van der Waals surface area (Å²) >= 11 is 0. The molecule has 1 amide bonds. The van der Waals surface area contributed by atoms with Crippen molar-refractivity contribution in [2.45, 2.75) is 91.7 Å². The average molecular weight is 385 g/mol. The molecule has 3 N–H and O–H groups in total. The summed E-state index contributed by atoms with van der Waals surface area (Å²) in [4.78, 5) is 11.4. The summed E-state index contributed by atoms with van der Waals surface area (Å²) < 4.78 is 11.9. The number of amides is 1. The molecular formula is C22H44N2O3. The maximum absolute atomic E-state index is 11.4. The van der Waals surface area contributed by atoms with Gasteiger partial charge in [-0.3, -0.25) is 4.79 Å². The van der Waals surface area contributed by atoms with Gasteiger partial charge < -0.3 is 20.5 Å². The topological polar surface area (TPSA) is 73.6 Å². The molecule has 0 heterocycles. The lowest BCUT2D eigenvalue weighted by Gasteiger charge is -2.37. The highest BCUT2D eigenvalue weighted by atomic mass is 16.7. The summed E-state index contributed by atoms with van der Waals surface area (Å²) in [5.41, 5.74) is 5.42. The van der Waals surface area contributed by atoms with Crippen LogP contribution in [0.1, 0.15) is 79.6 Å². The van der Waals surface area contributed by atoms with Crippen LogP contribution in [0.3, 0.4) is 0 Å². The molecule has 5 nitrogen and oxygen atoms in total. The first-order valence-electron chi connectivity index (χ1n) is 11.1. The minimum Gasteiger partial charge on any atom is -0.368 e. The smallest absolute Gasteiger partial charge is 0.234 e. The standard InChI is InChI=1S/C22H44N2O3/c1-6-8-18(14-24-20(7-2)22(23)25)11-12-26-15-27-21-13-17(5)9-10-19(21)16(3)4/h16-21,24H,6-15H2,1-5H3,(H2,23,25)/t17-,18-,19+,20+,21-/m1/s1. The molecular weight excluding hydrogens is 340 g/mol. The van der Waals surface area contributed by atoms with Crippen molar-refractivity contribution in [3.8, 4) is 0 Å². The van der Waals surface area contributed by atoms with Crippen molar-refractivity contribution >= 4 is 5.91 Å². The zero-order chi connectivity index (χ0) is 20.2. The Morgan fingerprint density at radius 3 is 2.56 bits per heavy atom. The van der Waals surface area contributed by atoms with Crippen LogP contribution in [0.4, 0.5) is 0 Å². The summed E-state index contributed by atoms with van der Waals surface area (Å²) in [5, 5.41) is 3.31. The van der Waals surface area contributed by atoms with E-state index in [9.17, 15) is 4.79 Å². The molecule has 1 aliphatic rings. The highest BCUT2D eigenvalue weighted by Gasteiger charge is 2.31. The van der Waals surface area contributed by atoms with Crippen LogP contribution in [0, 0.1) is 23.7 Å². The van der Waals surface area contributed by atoms with E-state index in [1.807, 2.05) is 6.92 Å². The van der Waals surface area contributed by atoms with E-state index in [-0.39, 0.29) is 11.9 Å². The Morgan fingerprint density at radius 1 is 1.22 bits per heavy atom. The third-order valence-electron chi connectivity index (χ3n) is 6.10. The first kappa shape index (κ1) is 24.4. The molecule has 160 valence electrons. The van der Waals surface area contributed by atoms with Gasteiger partial charge in [-0.15, -0.1) is 0 Å². The minimum atomic E-state index is -0.265. The van der Waals surface area contributed by atoms with Crippen molar-refractivity contribution in [3.63, 3.8) is 0 Å². The summed E-state index contributed by atoms with van der Waals surface area (Å²) in [6.45, 7) is 13.0. The predicted octanol–water partition coefficient (Wildman–Crippen LogP) is 4.10. The van der Waals surface area contributed by atoms with E-state index in [0.29, 0.717) is 37.3 Å². The molecule has 0 spiro atoms. The SMILES string of the molecule is CCC[C@H](CCOCO[C@@H]1C[C@H](C)CC[C@H]1C(C)C)CN[C@@H](CC)C(N)=O. The van der Waals surface area contributed by atoms with Crippen LogP contribution >= 0.6 is 0 Å². The van der Waals surface area contributed by atoms with Gasteiger partial charge >= 0.3 is 0 Å². The fraction of sp³-hybridized carbons (Fsp3) is 0.955. The monoisotopic (exact) mass is 384 g/mol. The fourth-order valence-corrected chi connectivity index (χ4v) is 4.26. The second kappa shape index (κ2) is 13.5. The highest BCUT2D eigenvalue weighted by Crippen LogP contribution is 2.35. The van der Waals surface area contributed by atoms with Gasteiger partial charge in [-0.25, -0.2) is 0 Å².